The minimum absolute atomic E-state index is 0.272. The van der Waals surface area contributed by atoms with Crippen molar-refractivity contribution in [3.63, 3.8) is 0 Å². The summed E-state index contributed by atoms with van der Waals surface area (Å²) in [7, 11) is 2.01. The van der Waals surface area contributed by atoms with Gasteiger partial charge >= 0.3 is 0 Å². The van der Waals surface area contributed by atoms with Crippen LogP contribution in [0.25, 0.3) is 10.8 Å². The van der Waals surface area contributed by atoms with E-state index in [1.54, 1.807) is 0 Å². The lowest BCUT2D eigenvalue weighted by Gasteiger charge is -2.20. The van der Waals surface area contributed by atoms with Crippen LogP contribution in [0.2, 0.25) is 0 Å². The summed E-state index contributed by atoms with van der Waals surface area (Å²) in [5, 5.41) is 6.02. The number of hydrogen-bond acceptors (Lipinski definition) is 2. The molecule has 1 N–H and O–H groups in total. The van der Waals surface area contributed by atoms with E-state index in [0.29, 0.717) is 0 Å². The number of aryl methyl sites for hydroxylation is 1. The first-order chi connectivity index (χ1) is 9.79. The quantitative estimate of drug-likeness (QED) is 0.784. The summed E-state index contributed by atoms with van der Waals surface area (Å²) in [5.41, 5.74) is 1.33. The lowest BCUT2D eigenvalue weighted by Crippen LogP contribution is -2.22. The Labute approximate surface area is 119 Å². The molecule has 1 heterocycles. The van der Waals surface area contributed by atoms with Crippen LogP contribution in [0, 0.1) is 6.92 Å². The monoisotopic (exact) mass is 265 g/mol. The molecule has 1 atom stereocenters. The van der Waals surface area contributed by atoms with Gasteiger partial charge in [0.2, 0.25) is 0 Å². The van der Waals surface area contributed by atoms with Gasteiger partial charge in [0.15, 0.2) is 0 Å². The molecule has 0 aliphatic rings. The molecule has 2 aromatic carbocycles. The van der Waals surface area contributed by atoms with E-state index in [0.717, 1.165) is 12.4 Å². The Morgan fingerprint density at radius 2 is 1.95 bits per heavy atom. The largest absolute Gasteiger partial charge is 0.333 e. The Kier molecular flexibility index (Phi) is 3.52. The highest BCUT2D eigenvalue weighted by molar-refractivity contribution is 5.86. The molecule has 0 saturated heterocycles. The normalized spacial score (nSPS) is 12.7. The van der Waals surface area contributed by atoms with Crippen molar-refractivity contribution in [2.45, 2.75) is 19.5 Å². The summed E-state index contributed by atoms with van der Waals surface area (Å²) in [4.78, 5) is 4.30. The second-order valence-corrected chi connectivity index (χ2v) is 5.04. The highest BCUT2D eigenvalue weighted by atomic mass is 15.1. The molecule has 102 valence electrons. The molecule has 0 aliphatic carbocycles. The van der Waals surface area contributed by atoms with E-state index in [-0.39, 0.29) is 6.04 Å². The fourth-order valence-electron chi connectivity index (χ4n) is 2.69. The molecule has 3 aromatic rings. The molecule has 1 unspecified atom stereocenters. The van der Waals surface area contributed by atoms with Gasteiger partial charge in [0.25, 0.3) is 0 Å². The average molecular weight is 265 g/mol. The van der Waals surface area contributed by atoms with Crippen LogP contribution in [0.1, 0.15) is 17.4 Å². The van der Waals surface area contributed by atoms with Crippen LogP contribution < -0.4 is 5.32 Å². The van der Waals surface area contributed by atoms with E-state index in [2.05, 4.69) is 57.3 Å². The van der Waals surface area contributed by atoms with Gasteiger partial charge in [-0.05, 0) is 30.3 Å². The van der Waals surface area contributed by atoms with Gasteiger partial charge in [-0.2, -0.15) is 0 Å². The van der Waals surface area contributed by atoms with Gasteiger partial charge in [0.1, 0.15) is 5.82 Å². The minimum atomic E-state index is 0.272. The van der Waals surface area contributed by atoms with Crippen molar-refractivity contribution < 1.29 is 0 Å². The average Bonchev–Trinajstić information content (AvgIpc) is 2.89. The number of aromatic nitrogens is 2. The van der Waals surface area contributed by atoms with E-state index in [1.807, 2.05) is 26.4 Å². The molecule has 20 heavy (non-hydrogen) atoms. The van der Waals surface area contributed by atoms with Crippen molar-refractivity contribution in [1.82, 2.24) is 14.9 Å². The van der Waals surface area contributed by atoms with Gasteiger partial charge in [-0.25, -0.2) is 4.98 Å². The van der Waals surface area contributed by atoms with Gasteiger partial charge < -0.3 is 9.88 Å². The molecule has 0 fully saturated rings. The van der Waals surface area contributed by atoms with Crippen molar-refractivity contribution in [3.05, 3.63) is 66.2 Å². The van der Waals surface area contributed by atoms with Gasteiger partial charge in [-0.15, -0.1) is 0 Å². The lowest BCUT2D eigenvalue weighted by molar-refractivity contribution is 0.496. The summed E-state index contributed by atoms with van der Waals surface area (Å²) >= 11 is 0. The van der Waals surface area contributed by atoms with Crippen molar-refractivity contribution >= 4 is 10.8 Å². The molecule has 3 heteroatoms. The Bertz CT molecular complexity index is 710. The van der Waals surface area contributed by atoms with E-state index in [4.69, 9.17) is 0 Å². The van der Waals surface area contributed by atoms with Gasteiger partial charge in [0.05, 0.1) is 6.04 Å². The Morgan fingerprint density at radius 3 is 2.70 bits per heavy atom. The minimum Gasteiger partial charge on any atom is -0.333 e. The Balaban J connectivity index is 2.01. The number of nitrogens with one attached hydrogen (secondary N) is 1. The Morgan fingerprint density at radius 1 is 1.15 bits per heavy atom. The zero-order chi connectivity index (χ0) is 13.9. The van der Waals surface area contributed by atoms with Crippen molar-refractivity contribution in [1.29, 1.82) is 0 Å². The number of imidazole rings is 1. The van der Waals surface area contributed by atoms with Gasteiger partial charge in [0, 0.05) is 18.9 Å². The number of fused-ring (bicyclic) bond motifs is 1. The van der Waals surface area contributed by atoms with Crippen molar-refractivity contribution in [3.8, 4) is 0 Å². The van der Waals surface area contributed by atoms with Gasteiger partial charge in [-0.1, -0.05) is 42.5 Å². The SMILES string of the molecule is CNC(Cn1ccnc1C)c1cccc2ccccc12. The molecular formula is C17H19N3. The molecular weight excluding hydrogens is 246 g/mol. The summed E-state index contributed by atoms with van der Waals surface area (Å²) in [6.07, 6.45) is 3.88. The predicted octanol–water partition coefficient (Wildman–Crippen LogP) is 3.31. The van der Waals surface area contributed by atoms with Crippen LogP contribution in [0.5, 0.6) is 0 Å². The third-order valence-electron chi connectivity index (χ3n) is 3.85. The highest BCUT2D eigenvalue weighted by Crippen LogP contribution is 2.25. The first-order valence-electron chi connectivity index (χ1n) is 6.92. The Hall–Kier alpha value is -2.13. The molecule has 0 saturated carbocycles. The first kappa shape index (κ1) is 12.9. The number of likely N-dealkylation sites (N-methyl/N-ethyl adjacent to an activating group) is 1. The number of benzene rings is 2. The fraction of sp³-hybridized carbons (Fsp3) is 0.235. The summed E-state index contributed by atoms with van der Waals surface area (Å²) < 4.78 is 2.18. The predicted molar refractivity (Wildman–Crippen MR) is 82.7 cm³/mol. The van der Waals surface area contributed by atoms with Crippen LogP contribution in [0.3, 0.4) is 0 Å². The molecule has 3 rings (SSSR count). The van der Waals surface area contributed by atoms with Crippen LogP contribution in [-0.2, 0) is 6.54 Å². The molecule has 0 amide bonds. The van der Waals surface area contributed by atoms with E-state index >= 15 is 0 Å². The topological polar surface area (TPSA) is 29.9 Å². The maximum Gasteiger partial charge on any atom is 0.105 e. The van der Waals surface area contributed by atoms with Crippen molar-refractivity contribution in [2.24, 2.45) is 0 Å². The molecule has 0 radical (unpaired) electrons. The highest BCUT2D eigenvalue weighted by Gasteiger charge is 2.13. The molecule has 0 aliphatic heterocycles. The third-order valence-corrected chi connectivity index (χ3v) is 3.85. The molecule has 1 aromatic heterocycles. The molecule has 0 spiro atoms. The maximum atomic E-state index is 4.30. The van der Waals surface area contributed by atoms with Gasteiger partial charge in [-0.3, -0.25) is 0 Å². The standard InChI is InChI=1S/C17H19N3/c1-13-19-10-11-20(13)12-17(18-2)16-9-5-7-14-6-3-4-8-15(14)16/h3-11,17-18H,12H2,1-2H3. The van der Waals surface area contributed by atoms with Crippen molar-refractivity contribution in [2.75, 3.05) is 7.05 Å². The molecule has 3 nitrogen and oxygen atoms in total. The number of rotatable bonds is 4. The van der Waals surface area contributed by atoms with E-state index in [9.17, 15) is 0 Å². The fourth-order valence-corrected chi connectivity index (χ4v) is 2.69. The van der Waals surface area contributed by atoms with Crippen LogP contribution in [-0.4, -0.2) is 16.6 Å². The van der Waals surface area contributed by atoms with Crippen LogP contribution in [0.4, 0.5) is 0 Å². The maximum absolute atomic E-state index is 4.30. The summed E-state index contributed by atoms with van der Waals surface area (Å²) in [6, 6.07) is 15.3. The third kappa shape index (κ3) is 2.32. The van der Waals surface area contributed by atoms with Crippen LogP contribution >= 0.6 is 0 Å². The summed E-state index contributed by atoms with van der Waals surface area (Å²) in [5.74, 6) is 1.05. The number of nitrogens with zero attached hydrogens (tertiary/aromatic N) is 2. The van der Waals surface area contributed by atoms with E-state index in [1.165, 1.54) is 16.3 Å². The van der Waals surface area contributed by atoms with E-state index < -0.39 is 0 Å². The smallest absolute Gasteiger partial charge is 0.105 e. The zero-order valence-corrected chi connectivity index (χ0v) is 11.9. The first-order valence-corrected chi connectivity index (χ1v) is 6.92. The number of hydrogen-bond donors (Lipinski definition) is 1. The molecule has 0 bridgehead atoms. The zero-order valence-electron chi connectivity index (χ0n) is 11.9. The van der Waals surface area contributed by atoms with Crippen LogP contribution in [0.15, 0.2) is 54.9 Å². The second kappa shape index (κ2) is 5.47. The lowest BCUT2D eigenvalue weighted by atomic mass is 9.98. The second-order valence-electron chi connectivity index (χ2n) is 5.04. The summed E-state index contributed by atoms with van der Waals surface area (Å²) in [6.45, 7) is 2.92.